The first-order valence-corrected chi connectivity index (χ1v) is 8.74. The standard InChI is InChI=1S/C18H21N3O2S/c1-13-17(14(2)20(3)19-13)10-18(22)21(11-15-6-4-8-23-15)12-16-7-5-9-24-16/h4-9H,10-12H2,1-3H3. The molecule has 24 heavy (non-hydrogen) atoms. The van der Waals surface area contributed by atoms with Crippen molar-refractivity contribution in [3.05, 3.63) is 63.5 Å². The third kappa shape index (κ3) is 3.59. The van der Waals surface area contributed by atoms with Crippen molar-refractivity contribution >= 4 is 17.2 Å². The minimum Gasteiger partial charge on any atom is -0.467 e. The molecule has 0 N–H and O–H groups in total. The Kier molecular flexibility index (Phi) is 4.85. The summed E-state index contributed by atoms with van der Waals surface area (Å²) in [6.45, 7) is 5.02. The van der Waals surface area contributed by atoms with Crippen molar-refractivity contribution in [1.82, 2.24) is 14.7 Å². The molecule has 0 bridgehead atoms. The number of carbonyl (C=O) groups excluding carboxylic acids is 1. The van der Waals surface area contributed by atoms with Gasteiger partial charge in [-0.15, -0.1) is 11.3 Å². The van der Waals surface area contributed by atoms with Crippen LogP contribution in [0.15, 0.2) is 40.3 Å². The molecule has 0 spiro atoms. The lowest BCUT2D eigenvalue weighted by atomic mass is 10.1. The molecule has 3 rings (SSSR count). The van der Waals surface area contributed by atoms with Gasteiger partial charge in [0.2, 0.25) is 5.91 Å². The summed E-state index contributed by atoms with van der Waals surface area (Å²) < 4.78 is 7.26. The Labute approximate surface area is 145 Å². The number of aryl methyl sites for hydroxylation is 2. The number of thiophene rings is 1. The van der Waals surface area contributed by atoms with Gasteiger partial charge in [-0.05, 0) is 37.4 Å². The van der Waals surface area contributed by atoms with Crippen molar-refractivity contribution in [3.8, 4) is 0 Å². The molecule has 0 aliphatic rings. The van der Waals surface area contributed by atoms with Gasteiger partial charge in [0, 0.05) is 23.2 Å². The van der Waals surface area contributed by atoms with E-state index in [1.165, 1.54) is 0 Å². The maximum atomic E-state index is 12.9. The molecule has 0 saturated heterocycles. The van der Waals surface area contributed by atoms with Gasteiger partial charge in [0.15, 0.2) is 0 Å². The molecular formula is C18H21N3O2S. The summed E-state index contributed by atoms with van der Waals surface area (Å²) in [6.07, 6.45) is 2.00. The van der Waals surface area contributed by atoms with Crippen LogP contribution in [0, 0.1) is 13.8 Å². The molecule has 3 aromatic heterocycles. The molecule has 3 heterocycles. The van der Waals surface area contributed by atoms with Crippen molar-refractivity contribution in [2.24, 2.45) is 7.05 Å². The van der Waals surface area contributed by atoms with Crippen molar-refractivity contribution < 1.29 is 9.21 Å². The molecule has 0 aromatic carbocycles. The topological polar surface area (TPSA) is 51.3 Å². The van der Waals surface area contributed by atoms with Crippen LogP contribution in [0.5, 0.6) is 0 Å². The first kappa shape index (κ1) is 16.5. The van der Waals surface area contributed by atoms with E-state index in [0.29, 0.717) is 19.5 Å². The van der Waals surface area contributed by atoms with E-state index in [2.05, 4.69) is 5.10 Å². The third-order valence-corrected chi connectivity index (χ3v) is 5.05. The van der Waals surface area contributed by atoms with Crippen LogP contribution in [0.4, 0.5) is 0 Å². The van der Waals surface area contributed by atoms with E-state index in [0.717, 1.165) is 27.6 Å². The maximum Gasteiger partial charge on any atom is 0.227 e. The molecular weight excluding hydrogens is 322 g/mol. The predicted molar refractivity (Wildman–Crippen MR) is 93.7 cm³/mol. The van der Waals surface area contributed by atoms with Gasteiger partial charge in [-0.2, -0.15) is 5.10 Å². The van der Waals surface area contributed by atoms with Crippen LogP contribution < -0.4 is 0 Å². The Morgan fingerprint density at radius 1 is 1.29 bits per heavy atom. The highest BCUT2D eigenvalue weighted by atomic mass is 32.1. The van der Waals surface area contributed by atoms with Crippen molar-refractivity contribution in [2.75, 3.05) is 0 Å². The maximum absolute atomic E-state index is 12.9. The van der Waals surface area contributed by atoms with Gasteiger partial charge in [0.05, 0.1) is 31.5 Å². The Morgan fingerprint density at radius 2 is 2.12 bits per heavy atom. The lowest BCUT2D eigenvalue weighted by Gasteiger charge is -2.21. The number of furan rings is 1. The first-order valence-electron chi connectivity index (χ1n) is 7.86. The fourth-order valence-electron chi connectivity index (χ4n) is 2.75. The van der Waals surface area contributed by atoms with Gasteiger partial charge in [-0.25, -0.2) is 0 Å². The molecule has 0 atom stereocenters. The average molecular weight is 343 g/mol. The average Bonchev–Trinajstić information content (AvgIpc) is 3.27. The van der Waals surface area contributed by atoms with Crippen LogP contribution in [-0.4, -0.2) is 20.6 Å². The molecule has 0 unspecified atom stereocenters. The fraction of sp³-hybridized carbons (Fsp3) is 0.333. The lowest BCUT2D eigenvalue weighted by Crippen LogP contribution is -2.31. The fourth-order valence-corrected chi connectivity index (χ4v) is 3.47. The molecule has 1 amide bonds. The molecule has 0 aliphatic heterocycles. The van der Waals surface area contributed by atoms with Crippen LogP contribution in [0.25, 0.3) is 0 Å². The number of nitrogens with zero attached hydrogens (tertiary/aromatic N) is 3. The quantitative estimate of drug-likeness (QED) is 0.689. The van der Waals surface area contributed by atoms with Gasteiger partial charge in [-0.3, -0.25) is 9.48 Å². The highest BCUT2D eigenvalue weighted by Crippen LogP contribution is 2.18. The van der Waals surface area contributed by atoms with Gasteiger partial charge >= 0.3 is 0 Å². The number of amides is 1. The number of aromatic nitrogens is 2. The van der Waals surface area contributed by atoms with E-state index < -0.39 is 0 Å². The molecule has 0 saturated carbocycles. The Balaban J connectivity index is 1.79. The molecule has 6 heteroatoms. The normalized spacial score (nSPS) is 11.0. The summed E-state index contributed by atoms with van der Waals surface area (Å²) in [5.41, 5.74) is 2.96. The van der Waals surface area contributed by atoms with Crippen molar-refractivity contribution in [1.29, 1.82) is 0 Å². The Hall–Kier alpha value is -2.34. The monoisotopic (exact) mass is 343 g/mol. The molecule has 5 nitrogen and oxygen atoms in total. The molecule has 0 aliphatic carbocycles. The Morgan fingerprint density at radius 3 is 2.71 bits per heavy atom. The summed E-state index contributed by atoms with van der Waals surface area (Å²) in [5, 5.41) is 6.43. The highest BCUT2D eigenvalue weighted by Gasteiger charge is 2.20. The number of rotatable bonds is 6. The minimum absolute atomic E-state index is 0.0824. The van der Waals surface area contributed by atoms with E-state index in [1.54, 1.807) is 17.6 Å². The zero-order chi connectivity index (χ0) is 17.1. The zero-order valence-corrected chi connectivity index (χ0v) is 15.0. The van der Waals surface area contributed by atoms with Crippen LogP contribution in [0.2, 0.25) is 0 Å². The molecule has 126 valence electrons. The number of hydrogen-bond donors (Lipinski definition) is 0. The van der Waals surface area contributed by atoms with Crippen molar-refractivity contribution in [2.45, 2.75) is 33.4 Å². The third-order valence-electron chi connectivity index (χ3n) is 4.19. The number of hydrogen-bond acceptors (Lipinski definition) is 4. The van der Waals surface area contributed by atoms with Gasteiger partial charge in [-0.1, -0.05) is 6.07 Å². The molecule has 0 fully saturated rings. The summed E-state index contributed by atoms with van der Waals surface area (Å²) in [6, 6.07) is 7.80. The van der Waals surface area contributed by atoms with E-state index >= 15 is 0 Å². The zero-order valence-electron chi connectivity index (χ0n) is 14.2. The minimum atomic E-state index is 0.0824. The lowest BCUT2D eigenvalue weighted by molar-refractivity contribution is -0.132. The summed E-state index contributed by atoms with van der Waals surface area (Å²) in [4.78, 5) is 15.9. The summed E-state index contributed by atoms with van der Waals surface area (Å²) >= 11 is 1.66. The van der Waals surface area contributed by atoms with Gasteiger partial charge in [0.1, 0.15) is 5.76 Å². The first-order chi connectivity index (χ1) is 11.5. The van der Waals surface area contributed by atoms with E-state index in [-0.39, 0.29) is 5.91 Å². The predicted octanol–water partition coefficient (Wildman–Crippen LogP) is 3.46. The van der Waals surface area contributed by atoms with Gasteiger partial charge < -0.3 is 9.32 Å². The van der Waals surface area contributed by atoms with E-state index in [1.807, 2.05) is 60.1 Å². The van der Waals surface area contributed by atoms with Crippen LogP contribution >= 0.6 is 11.3 Å². The highest BCUT2D eigenvalue weighted by molar-refractivity contribution is 7.09. The summed E-state index contributed by atoms with van der Waals surface area (Å²) in [7, 11) is 1.91. The van der Waals surface area contributed by atoms with Crippen LogP contribution in [0.3, 0.4) is 0 Å². The smallest absolute Gasteiger partial charge is 0.227 e. The Bertz CT molecular complexity index is 768. The molecule has 3 aromatic rings. The number of carbonyl (C=O) groups is 1. The summed E-state index contributed by atoms with van der Waals surface area (Å²) in [5.74, 6) is 0.874. The van der Waals surface area contributed by atoms with E-state index in [9.17, 15) is 4.79 Å². The SMILES string of the molecule is Cc1nn(C)c(C)c1CC(=O)N(Cc1ccco1)Cc1cccs1. The van der Waals surface area contributed by atoms with Crippen LogP contribution in [0.1, 0.15) is 27.6 Å². The van der Waals surface area contributed by atoms with Gasteiger partial charge in [0.25, 0.3) is 0 Å². The largest absolute Gasteiger partial charge is 0.467 e. The van der Waals surface area contributed by atoms with Crippen molar-refractivity contribution in [3.63, 3.8) is 0 Å². The second-order valence-electron chi connectivity index (χ2n) is 5.86. The second-order valence-corrected chi connectivity index (χ2v) is 6.89. The van der Waals surface area contributed by atoms with E-state index in [4.69, 9.17) is 4.42 Å². The van der Waals surface area contributed by atoms with Crippen LogP contribution in [-0.2, 0) is 31.4 Å². The molecule has 0 radical (unpaired) electrons. The second kappa shape index (κ2) is 7.05.